The predicted molar refractivity (Wildman–Crippen MR) is 208 cm³/mol. The molecule has 0 saturated heterocycles. The number of likely N-dealkylation sites (N-methyl/N-ethyl adjacent to an activating group) is 1. The van der Waals surface area contributed by atoms with Gasteiger partial charge in [-0.05, 0) is 75.6 Å². The molecule has 2 aromatic rings. The summed E-state index contributed by atoms with van der Waals surface area (Å²) in [6, 6.07) is 10.7. The third-order valence-corrected chi connectivity index (χ3v) is 13.1. The van der Waals surface area contributed by atoms with Gasteiger partial charge in [-0.2, -0.15) is 13.0 Å². The van der Waals surface area contributed by atoms with Crippen molar-refractivity contribution in [1.29, 1.82) is 0 Å². The van der Waals surface area contributed by atoms with Crippen molar-refractivity contribution >= 4 is 72.7 Å². The molecule has 0 aromatic heterocycles. The molecular weight excluding hydrogens is 747 g/mol. The number of aliphatic carboxylic acids is 1. The monoisotopic (exact) mass is 794 g/mol. The first-order chi connectivity index (χ1) is 24.6. The maximum absolute atomic E-state index is 12.4. The lowest BCUT2D eigenvalue weighted by atomic mass is 9.81. The largest absolute Gasteiger partial charge is 0.481 e. The molecule has 0 saturated carbocycles. The maximum atomic E-state index is 12.4. The van der Waals surface area contributed by atoms with Crippen LogP contribution >= 0.6 is 33.6 Å². The molecule has 0 radical (unpaired) electrons. The second-order valence-electron chi connectivity index (χ2n) is 13.4. The van der Waals surface area contributed by atoms with Gasteiger partial charge in [0.25, 0.3) is 10.1 Å². The fourth-order valence-corrected chi connectivity index (χ4v) is 9.48. The van der Waals surface area contributed by atoms with Gasteiger partial charge >= 0.3 is 5.97 Å². The highest BCUT2D eigenvalue weighted by atomic mass is 33.1. The van der Waals surface area contributed by atoms with Gasteiger partial charge in [0.2, 0.25) is 11.6 Å². The Bertz CT molecular complexity index is 1820. The molecule has 16 heteroatoms. The second kappa shape index (κ2) is 18.5. The number of hydrogen-bond acceptors (Lipinski definition) is 11. The molecule has 0 aliphatic carbocycles. The van der Waals surface area contributed by atoms with Crippen LogP contribution in [0.1, 0.15) is 77.8 Å². The fourth-order valence-electron chi connectivity index (χ4n) is 6.69. The molecule has 0 fully saturated rings. The molecule has 0 bridgehead atoms. The van der Waals surface area contributed by atoms with E-state index in [0.29, 0.717) is 25.3 Å². The number of unbranched alkanes of at least 4 members (excludes halogenated alkanes) is 2. The molecule has 1 amide bonds. The smallest absolute Gasteiger partial charge is 0.304 e. The van der Waals surface area contributed by atoms with E-state index in [1.54, 1.807) is 22.9 Å². The summed E-state index contributed by atoms with van der Waals surface area (Å²) in [6.07, 6.45) is 9.27. The Kier molecular flexibility index (Phi) is 14.9. The van der Waals surface area contributed by atoms with Gasteiger partial charge in [0.05, 0.1) is 28.8 Å². The topological polar surface area (TPSA) is 166 Å². The average Bonchev–Trinajstić information content (AvgIpc) is 3.43. The molecule has 0 unspecified atom stereocenters. The summed E-state index contributed by atoms with van der Waals surface area (Å²) in [6.45, 7) is 12.4. The van der Waals surface area contributed by atoms with E-state index in [9.17, 15) is 22.6 Å². The zero-order chi connectivity index (χ0) is 38.1. The number of hydrogen-bond donors (Lipinski definition) is 4. The van der Waals surface area contributed by atoms with E-state index in [1.165, 1.54) is 16.9 Å². The summed E-state index contributed by atoms with van der Waals surface area (Å²) in [5.41, 5.74) is 5.04. The van der Waals surface area contributed by atoms with Crippen LogP contribution < -0.4 is 10.2 Å². The lowest BCUT2D eigenvalue weighted by Crippen LogP contribution is -2.28. The minimum absolute atomic E-state index is 0.0124. The number of carboxylic acids is 1. The van der Waals surface area contributed by atoms with Crippen molar-refractivity contribution < 1.29 is 46.9 Å². The van der Waals surface area contributed by atoms with Crippen molar-refractivity contribution in [3.63, 3.8) is 0 Å². The van der Waals surface area contributed by atoms with E-state index in [1.807, 2.05) is 45.0 Å². The Morgan fingerprint density at radius 1 is 0.981 bits per heavy atom. The number of allylic oxidation sites excluding steroid dienone is 4. The van der Waals surface area contributed by atoms with Crippen LogP contribution in [0.5, 0.6) is 0 Å². The van der Waals surface area contributed by atoms with Gasteiger partial charge in [0, 0.05) is 76.8 Å². The van der Waals surface area contributed by atoms with Gasteiger partial charge in [0.15, 0.2) is 5.71 Å². The Balaban J connectivity index is 1.49. The van der Waals surface area contributed by atoms with Gasteiger partial charge < -0.3 is 15.3 Å². The highest BCUT2D eigenvalue weighted by Gasteiger charge is 2.45. The summed E-state index contributed by atoms with van der Waals surface area (Å²) < 4.78 is 40.6. The van der Waals surface area contributed by atoms with E-state index in [-0.39, 0.29) is 17.2 Å². The number of carbonyl (C=O) groups is 2. The first-order valence-corrected chi connectivity index (χ1v) is 21.8. The van der Waals surface area contributed by atoms with Crippen molar-refractivity contribution in [3.8, 4) is 0 Å². The van der Waals surface area contributed by atoms with E-state index in [2.05, 4.69) is 45.8 Å². The molecule has 4 N–H and O–H groups in total. The first-order valence-electron chi connectivity index (χ1n) is 17.1. The molecule has 12 nitrogen and oxygen atoms in total. The summed E-state index contributed by atoms with van der Waals surface area (Å²) in [7, 11) is -1.29. The van der Waals surface area contributed by atoms with Crippen LogP contribution in [0.2, 0.25) is 0 Å². The molecule has 2 aliphatic rings. The number of anilines is 1. The molecule has 0 atom stereocenters. The van der Waals surface area contributed by atoms with Gasteiger partial charge in [-0.15, -0.1) is 4.33 Å². The number of amides is 1. The molecule has 4 rings (SSSR count). The number of nitrogens with zero attached hydrogens (tertiary/aromatic N) is 2. The number of nitrogens with one attached hydrogen (secondary N) is 1. The Labute approximate surface area is 318 Å². The van der Waals surface area contributed by atoms with Gasteiger partial charge in [-0.25, -0.2) is 5.26 Å². The summed E-state index contributed by atoms with van der Waals surface area (Å²) in [5, 5.41) is 24.2. The highest BCUT2D eigenvalue weighted by molar-refractivity contribution is 8.76. The molecule has 52 heavy (non-hydrogen) atoms. The van der Waals surface area contributed by atoms with E-state index in [0.717, 1.165) is 82.4 Å². The lowest BCUT2D eigenvalue weighted by Gasteiger charge is -2.25. The average molecular weight is 795 g/mol. The molecule has 2 aliphatic heterocycles. The fraction of sp³-hybridized carbons (Fsp3) is 0.472. The predicted octanol–water partition coefficient (Wildman–Crippen LogP) is 7.53. The van der Waals surface area contributed by atoms with Crippen LogP contribution in [-0.2, 0) is 39.9 Å². The van der Waals surface area contributed by atoms with Crippen molar-refractivity contribution in [3.05, 3.63) is 71.5 Å². The number of carbonyl (C=O) groups excluding carboxylic acids is 1. The van der Waals surface area contributed by atoms with Crippen LogP contribution in [0, 0.1) is 0 Å². The van der Waals surface area contributed by atoms with Gasteiger partial charge in [0.1, 0.15) is 6.54 Å². The quantitative estimate of drug-likeness (QED) is 0.0198. The van der Waals surface area contributed by atoms with Crippen molar-refractivity contribution in [2.24, 2.45) is 0 Å². The minimum atomic E-state index is -4.35. The maximum Gasteiger partial charge on any atom is 0.304 e. The summed E-state index contributed by atoms with van der Waals surface area (Å²) in [4.78, 5) is 25.8. The van der Waals surface area contributed by atoms with Crippen LogP contribution in [0.4, 0.5) is 11.4 Å². The normalized spacial score (nSPS) is 16.9. The SMILES string of the molecule is CCN1C(=CC=CC2=[N+](CCCCCC(=O)NCCSSCCC(=O)O)c3ccc(SOOO)cc3C2(C)C)C(C)(C)c2cc(S(=O)(=O)O)ccc21. The second-order valence-corrected chi connectivity index (χ2v) is 18.3. The Morgan fingerprint density at radius 2 is 1.73 bits per heavy atom. The van der Waals surface area contributed by atoms with Gasteiger partial charge in [-0.3, -0.25) is 14.1 Å². The highest BCUT2D eigenvalue weighted by Crippen LogP contribution is 2.48. The summed E-state index contributed by atoms with van der Waals surface area (Å²) >= 11 is 0.914. The number of carboxylic acid groups (broad SMARTS) is 1. The standard InChI is InChI=1S/C36H47N3O9S4/c1-6-38-29-17-15-26(52(44,45)46)24-28(29)36(4,5)31(38)11-10-12-32-35(2,3)27-23-25(51-48-47-43)14-16-30(27)39(32)20-9-7-8-13-33(40)37-19-22-50-49-21-18-34(41)42/h10-12,14-17,23-24H,6-9,13,18-22H2,1-5H3,(H3-,37,40,41,42,43,44,45,46)/p+1. The van der Waals surface area contributed by atoms with Crippen LogP contribution in [0.25, 0.3) is 0 Å². The van der Waals surface area contributed by atoms with E-state index >= 15 is 0 Å². The van der Waals surface area contributed by atoms with Crippen LogP contribution in [-0.4, -0.2) is 76.6 Å². The van der Waals surface area contributed by atoms with Crippen molar-refractivity contribution in [2.75, 3.05) is 36.0 Å². The van der Waals surface area contributed by atoms with Crippen molar-refractivity contribution in [2.45, 2.75) is 87.3 Å². The number of rotatable bonds is 20. The summed E-state index contributed by atoms with van der Waals surface area (Å²) in [5.74, 6) is 0.466. The number of benzene rings is 2. The molecule has 2 aromatic carbocycles. The van der Waals surface area contributed by atoms with Crippen LogP contribution in [0.3, 0.4) is 0 Å². The molecule has 2 heterocycles. The van der Waals surface area contributed by atoms with Crippen LogP contribution in [0.15, 0.2) is 70.1 Å². The van der Waals surface area contributed by atoms with E-state index in [4.69, 9.17) is 14.7 Å². The number of fused-ring (bicyclic) bond motifs is 2. The molecule has 0 spiro atoms. The van der Waals surface area contributed by atoms with Crippen molar-refractivity contribution in [1.82, 2.24) is 5.32 Å². The van der Waals surface area contributed by atoms with E-state index < -0.39 is 26.9 Å². The zero-order valence-electron chi connectivity index (χ0n) is 30.1. The third kappa shape index (κ3) is 10.2. The first kappa shape index (κ1) is 41.9. The van der Waals surface area contributed by atoms with Gasteiger partial charge in [-0.1, -0.05) is 46.5 Å². The Hall–Kier alpha value is -2.83. The zero-order valence-corrected chi connectivity index (χ0v) is 33.4. The molecular formula is C36H48N3O9S4+. The minimum Gasteiger partial charge on any atom is -0.481 e. The molecule has 284 valence electrons. The Morgan fingerprint density at radius 3 is 2.42 bits per heavy atom. The third-order valence-electron chi connectivity index (χ3n) is 9.29. The lowest BCUT2D eigenvalue weighted by molar-refractivity contribution is -0.438.